The Balaban J connectivity index is 2.04. The highest BCUT2D eigenvalue weighted by Gasteiger charge is 2.12. The van der Waals surface area contributed by atoms with Crippen molar-refractivity contribution in [2.75, 3.05) is 19.0 Å². The minimum absolute atomic E-state index is 0.662. The fourth-order valence-corrected chi connectivity index (χ4v) is 3.42. The molecule has 0 spiro atoms. The Kier molecular flexibility index (Phi) is 3.79. The van der Waals surface area contributed by atoms with Crippen molar-refractivity contribution < 1.29 is 0 Å². The van der Waals surface area contributed by atoms with E-state index in [9.17, 15) is 0 Å². The van der Waals surface area contributed by atoms with Crippen LogP contribution in [0.25, 0.3) is 17.7 Å². The summed E-state index contributed by atoms with van der Waals surface area (Å²) in [6.45, 7) is 0. The highest BCUT2D eigenvalue weighted by molar-refractivity contribution is 6.39. The molecule has 0 radical (unpaired) electrons. The van der Waals surface area contributed by atoms with Gasteiger partial charge in [0.05, 0.1) is 15.7 Å². The summed E-state index contributed by atoms with van der Waals surface area (Å²) < 4.78 is 0. The van der Waals surface area contributed by atoms with Gasteiger partial charge in [-0.1, -0.05) is 59.6 Å². The Morgan fingerprint density at radius 2 is 1.62 bits per heavy atom. The SMILES string of the molecule is CN(C)c1c(Cl)cc(/C=C2\C=Cc3ccccc32)cc1Cl. The number of halogens is 2. The second-order valence-corrected chi connectivity index (χ2v) is 6.06. The summed E-state index contributed by atoms with van der Waals surface area (Å²) in [4.78, 5) is 1.92. The van der Waals surface area contributed by atoms with Crippen LogP contribution in [0.15, 0.2) is 42.5 Å². The van der Waals surface area contributed by atoms with Crippen molar-refractivity contribution in [3.8, 4) is 0 Å². The average Bonchev–Trinajstić information content (AvgIpc) is 2.81. The molecule has 0 saturated heterocycles. The Morgan fingerprint density at radius 1 is 0.952 bits per heavy atom. The van der Waals surface area contributed by atoms with Gasteiger partial charge in [0.25, 0.3) is 0 Å². The molecule has 21 heavy (non-hydrogen) atoms. The maximum absolute atomic E-state index is 6.34. The van der Waals surface area contributed by atoms with E-state index in [1.54, 1.807) is 0 Å². The molecule has 0 saturated carbocycles. The first-order valence-corrected chi connectivity index (χ1v) is 7.47. The number of rotatable bonds is 2. The van der Waals surface area contributed by atoms with E-state index >= 15 is 0 Å². The Hall–Kier alpha value is -1.70. The van der Waals surface area contributed by atoms with Gasteiger partial charge in [-0.05, 0) is 40.5 Å². The van der Waals surface area contributed by atoms with Crippen molar-refractivity contribution in [2.45, 2.75) is 0 Å². The molecule has 1 aliphatic rings. The van der Waals surface area contributed by atoms with Crippen molar-refractivity contribution in [3.05, 3.63) is 69.2 Å². The highest BCUT2D eigenvalue weighted by Crippen LogP contribution is 2.36. The van der Waals surface area contributed by atoms with Crippen LogP contribution in [-0.2, 0) is 0 Å². The molecule has 3 heteroatoms. The molecule has 1 aliphatic carbocycles. The molecule has 0 N–H and O–H groups in total. The normalized spacial score (nSPS) is 14.6. The number of fused-ring (bicyclic) bond motifs is 1. The molecule has 3 rings (SSSR count). The maximum Gasteiger partial charge on any atom is 0.0740 e. The average molecular weight is 316 g/mol. The zero-order chi connectivity index (χ0) is 15.0. The number of nitrogens with zero attached hydrogens (tertiary/aromatic N) is 1. The summed E-state index contributed by atoms with van der Waals surface area (Å²) in [6, 6.07) is 12.2. The van der Waals surface area contributed by atoms with Crippen LogP contribution in [0.5, 0.6) is 0 Å². The minimum atomic E-state index is 0.662. The fraction of sp³-hybridized carbons (Fsp3) is 0.111. The smallest absolute Gasteiger partial charge is 0.0740 e. The summed E-state index contributed by atoms with van der Waals surface area (Å²) in [6.07, 6.45) is 6.35. The predicted octanol–water partition coefficient (Wildman–Crippen LogP) is 5.63. The largest absolute Gasteiger partial charge is 0.375 e. The molecule has 0 fully saturated rings. The molecule has 0 aromatic heterocycles. The van der Waals surface area contributed by atoms with Crippen molar-refractivity contribution in [2.24, 2.45) is 0 Å². The highest BCUT2D eigenvalue weighted by atomic mass is 35.5. The van der Waals surface area contributed by atoms with E-state index in [0.717, 1.165) is 11.3 Å². The lowest BCUT2D eigenvalue weighted by atomic mass is 10.0. The second kappa shape index (κ2) is 5.59. The molecule has 2 aromatic carbocycles. The van der Waals surface area contributed by atoms with E-state index in [1.807, 2.05) is 37.2 Å². The van der Waals surface area contributed by atoms with Gasteiger partial charge in [-0.2, -0.15) is 0 Å². The van der Waals surface area contributed by atoms with Crippen LogP contribution in [0.3, 0.4) is 0 Å². The van der Waals surface area contributed by atoms with E-state index in [0.29, 0.717) is 10.0 Å². The summed E-state index contributed by atoms with van der Waals surface area (Å²) in [5.41, 5.74) is 5.51. The lowest BCUT2D eigenvalue weighted by molar-refractivity contribution is 1.13. The number of hydrogen-bond donors (Lipinski definition) is 0. The van der Waals surface area contributed by atoms with Crippen LogP contribution in [0.1, 0.15) is 16.7 Å². The third-order valence-electron chi connectivity index (χ3n) is 3.52. The summed E-state index contributed by atoms with van der Waals surface area (Å²) >= 11 is 12.7. The van der Waals surface area contributed by atoms with Gasteiger partial charge in [0, 0.05) is 14.1 Å². The third kappa shape index (κ3) is 2.72. The van der Waals surface area contributed by atoms with Gasteiger partial charge < -0.3 is 4.90 Å². The van der Waals surface area contributed by atoms with Crippen LogP contribution >= 0.6 is 23.2 Å². The lowest BCUT2D eigenvalue weighted by Gasteiger charge is -2.17. The van der Waals surface area contributed by atoms with E-state index < -0.39 is 0 Å². The molecule has 0 unspecified atom stereocenters. The molecule has 1 nitrogen and oxygen atoms in total. The molecular formula is C18H15Cl2N. The monoisotopic (exact) mass is 315 g/mol. The summed E-state index contributed by atoms with van der Waals surface area (Å²) in [7, 11) is 3.86. The van der Waals surface area contributed by atoms with Crippen molar-refractivity contribution in [3.63, 3.8) is 0 Å². The lowest BCUT2D eigenvalue weighted by Crippen LogP contribution is -2.09. The molecule has 0 aliphatic heterocycles. The Morgan fingerprint density at radius 3 is 2.29 bits per heavy atom. The Labute approximate surface area is 135 Å². The van der Waals surface area contributed by atoms with Crippen LogP contribution in [0.2, 0.25) is 10.0 Å². The topological polar surface area (TPSA) is 3.24 Å². The van der Waals surface area contributed by atoms with Crippen molar-refractivity contribution in [1.82, 2.24) is 0 Å². The predicted molar refractivity (Wildman–Crippen MR) is 94.1 cm³/mol. The Bertz CT molecular complexity index is 735. The van der Waals surface area contributed by atoms with Gasteiger partial charge in [-0.3, -0.25) is 0 Å². The first-order chi connectivity index (χ1) is 10.1. The quantitative estimate of drug-likeness (QED) is 0.694. The number of allylic oxidation sites excluding steroid dienone is 2. The fourth-order valence-electron chi connectivity index (χ4n) is 2.58. The van der Waals surface area contributed by atoms with Crippen LogP contribution < -0.4 is 4.90 Å². The first-order valence-electron chi connectivity index (χ1n) is 6.72. The second-order valence-electron chi connectivity index (χ2n) is 5.25. The zero-order valence-electron chi connectivity index (χ0n) is 11.9. The third-order valence-corrected chi connectivity index (χ3v) is 4.10. The molecule has 106 valence electrons. The number of anilines is 1. The summed E-state index contributed by atoms with van der Waals surface area (Å²) in [5.74, 6) is 0. The molecule has 0 amide bonds. The van der Waals surface area contributed by atoms with E-state index in [4.69, 9.17) is 23.2 Å². The van der Waals surface area contributed by atoms with Gasteiger partial charge >= 0.3 is 0 Å². The van der Waals surface area contributed by atoms with E-state index in [2.05, 4.69) is 36.4 Å². The zero-order valence-corrected chi connectivity index (χ0v) is 13.4. The molecule has 0 bridgehead atoms. The molecule has 2 aromatic rings. The first kappa shape index (κ1) is 14.2. The standard InChI is InChI=1S/C18H15Cl2N/c1-21(2)18-16(19)10-12(11-17(18)20)9-14-8-7-13-5-3-4-6-15(13)14/h3-11H,1-2H3/b14-9+. The van der Waals surface area contributed by atoms with Gasteiger partial charge in [0.15, 0.2) is 0 Å². The molecule has 0 atom stereocenters. The van der Waals surface area contributed by atoms with E-state index in [1.165, 1.54) is 16.7 Å². The van der Waals surface area contributed by atoms with Gasteiger partial charge in [-0.25, -0.2) is 0 Å². The molecule has 0 heterocycles. The number of hydrogen-bond acceptors (Lipinski definition) is 1. The van der Waals surface area contributed by atoms with Gasteiger partial charge in [-0.15, -0.1) is 0 Å². The molecular weight excluding hydrogens is 301 g/mol. The van der Waals surface area contributed by atoms with Gasteiger partial charge in [0.1, 0.15) is 0 Å². The minimum Gasteiger partial charge on any atom is -0.375 e. The summed E-state index contributed by atoms with van der Waals surface area (Å²) in [5, 5.41) is 1.32. The van der Waals surface area contributed by atoms with Crippen molar-refractivity contribution in [1.29, 1.82) is 0 Å². The van der Waals surface area contributed by atoms with E-state index in [-0.39, 0.29) is 0 Å². The van der Waals surface area contributed by atoms with Crippen LogP contribution in [0, 0.1) is 0 Å². The maximum atomic E-state index is 6.34. The van der Waals surface area contributed by atoms with Gasteiger partial charge in [0.2, 0.25) is 0 Å². The van der Waals surface area contributed by atoms with Crippen LogP contribution in [0.4, 0.5) is 5.69 Å². The van der Waals surface area contributed by atoms with Crippen molar-refractivity contribution >= 4 is 46.6 Å². The van der Waals surface area contributed by atoms with Crippen LogP contribution in [-0.4, -0.2) is 14.1 Å². The number of benzene rings is 2.